The topological polar surface area (TPSA) is 44.3 Å². The summed E-state index contributed by atoms with van der Waals surface area (Å²) in [6.07, 6.45) is 0.842. The molecule has 19 heavy (non-hydrogen) atoms. The van der Waals surface area contributed by atoms with Crippen LogP contribution < -0.4 is 9.46 Å². The first-order chi connectivity index (χ1) is 8.79. The van der Waals surface area contributed by atoms with E-state index in [1.165, 1.54) is 0 Å². The highest BCUT2D eigenvalue weighted by Gasteiger charge is 2.30. The van der Waals surface area contributed by atoms with E-state index in [9.17, 15) is 4.55 Å². The van der Waals surface area contributed by atoms with Crippen LogP contribution in [0, 0.1) is 0 Å². The Hall–Kier alpha value is -0.230. The van der Waals surface area contributed by atoms with Gasteiger partial charge in [0.25, 0.3) is 0 Å². The summed E-state index contributed by atoms with van der Waals surface area (Å²) in [5.41, 5.74) is 1.02. The van der Waals surface area contributed by atoms with E-state index in [0.717, 1.165) is 22.2 Å². The molecule has 2 atom stereocenters. The molecular formula is C14H22BrNO2S. The van der Waals surface area contributed by atoms with Gasteiger partial charge in [-0.05, 0) is 45.4 Å². The molecule has 0 heterocycles. The second-order valence-electron chi connectivity index (χ2n) is 5.35. The summed E-state index contributed by atoms with van der Waals surface area (Å²) in [6.45, 7) is 7.95. The third-order valence-electron chi connectivity index (χ3n) is 2.78. The van der Waals surface area contributed by atoms with E-state index < -0.39 is 11.4 Å². The Bertz CT molecular complexity index is 420. The fourth-order valence-electron chi connectivity index (χ4n) is 1.65. The molecule has 0 amide bonds. The van der Waals surface area contributed by atoms with Crippen LogP contribution in [0.2, 0.25) is 0 Å². The second-order valence-corrected chi connectivity index (χ2v) is 8.26. The minimum absolute atomic E-state index is 0.00695. The predicted octanol–water partition coefficient (Wildman–Crippen LogP) is 3.96. The molecule has 0 aliphatic carbocycles. The number of benzene rings is 1. The lowest BCUT2D eigenvalue weighted by molar-refractivity contribution is 0.402. The summed E-state index contributed by atoms with van der Waals surface area (Å²) in [6, 6.07) is 5.88. The molecule has 1 N–H and O–H groups in total. The maximum absolute atomic E-state index is 12.2. The highest BCUT2D eigenvalue weighted by molar-refractivity contribution is 9.10. The third kappa shape index (κ3) is 4.67. The molecule has 0 radical (unpaired) electrons. The van der Waals surface area contributed by atoms with Crippen LogP contribution in [0.5, 0.6) is 5.75 Å². The molecule has 1 aromatic carbocycles. The Labute approximate surface area is 127 Å². The highest BCUT2D eigenvalue weighted by Crippen LogP contribution is 2.31. The Kier molecular flexibility index (Phi) is 6.17. The van der Waals surface area contributed by atoms with Crippen LogP contribution in [0.3, 0.4) is 0 Å². The van der Waals surface area contributed by atoms with E-state index in [2.05, 4.69) is 27.6 Å². The van der Waals surface area contributed by atoms with Crippen LogP contribution in [0.15, 0.2) is 22.7 Å². The van der Waals surface area contributed by atoms with Crippen LogP contribution in [0.4, 0.5) is 0 Å². The molecule has 0 saturated carbocycles. The lowest BCUT2D eigenvalue weighted by atomic mass is 10.0. The maximum atomic E-state index is 12.2. The molecule has 108 valence electrons. The first kappa shape index (κ1) is 16.8. The van der Waals surface area contributed by atoms with Crippen molar-refractivity contribution in [3.05, 3.63) is 28.2 Å². The van der Waals surface area contributed by atoms with Gasteiger partial charge in [0, 0.05) is 21.4 Å². The monoisotopic (exact) mass is 347 g/mol. The lowest BCUT2D eigenvalue weighted by Gasteiger charge is -2.28. The molecule has 1 rings (SSSR count). The van der Waals surface area contributed by atoms with Crippen LogP contribution in [0.1, 0.15) is 45.7 Å². The standard InChI is InChI=1S/C14H22BrNO2S/c1-6-12(16-19(17)14(2,3)4)11-9-10(15)7-8-13(11)18-5/h7-9,12,16H,6H2,1-5H3/t12-,19?/m0/s1. The van der Waals surface area contributed by atoms with Gasteiger partial charge in [0.1, 0.15) is 10.5 Å². The lowest BCUT2D eigenvalue weighted by Crippen LogP contribution is -2.41. The third-order valence-corrected chi connectivity index (χ3v) is 4.89. The van der Waals surface area contributed by atoms with E-state index in [4.69, 9.17) is 4.74 Å². The van der Waals surface area contributed by atoms with Crippen molar-refractivity contribution in [2.75, 3.05) is 7.11 Å². The number of hydrogen-bond acceptors (Lipinski definition) is 3. The van der Waals surface area contributed by atoms with Gasteiger partial charge in [-0.3, -0.25) is 0 Å². The quantitative estimate of drug-likeness (QED) is 0.819. The first-order valence-corrected chi connectivity index (χ1v) is 8.25. The number of nitrogens with one attached hydrogen (secondary N) is 1. The van der Waals surface area contributed by atoms with Gasteiger partial charge in [-0.25, -0.2) is 0 Å². The molecule has 0 spiro atoms. The predicted molar refractivity (Wildman–Crippen MR) is 84.8 cm³/mol. The van der Waals surface area contributed by atoms with Crippen molar-refractivity contribution in [2.45, 2.75) is 44.9 Å². The highest BCUT2D eigenvalue weighted by atomic mass is 79.9. The molecule has 1 unspecified atom stereocenters. The number of rotatable bonds is 5. The van der Waals surface area contributed by atoms with Gasteiger partial charge >= 0.3 is 0 Å². The SMILES string of the molecule is CC[C@H](N[S+]([O-])C(C)(C)C)c1cc(Br)ccc1OC. The minimum Gasteiger partial charge on any atom is -0.598 e. The maximum Gasteiger partial charge on any atom is 0.136 e. The molecule has 0 aliphatic heterocycles. The summed E-state index contributed by atoms with van der Waals surface area (Å²) in [5.74, 6) is 0.813. The first-order valence-electron chi connectivity index (χ1n) is 6.31. The minimum atomic E-state index is -1.11. The number of halogens is 1. The molecule has 0 saturated heterocycles. The molecule has 3 nitrogen and oxygen atoms in total. The second kappa shape index (κ2) is 6.97. The smallest absolute Gasteiger partial charge is 0.136 e. The summed E-state index contributed by atoms with van der Waals surface area (Å²) < 4.78 is 21.5. The molecule has 5 heteroatoms. The summed E-state index contributed by atoms with van der Waals surface area (Å²) in [7, 11) is 1.65. The van der Waals surface area contributed by atoms with Gasteiger partial charge in [-0.2, -0.15) is 0 Å². The Morgan fingerprint density at radius 1 is 1.42 bits per heavy atom. The average Bonchev–Trinajstić information content (AvgIpc) is 2.34. The average molecular weight is 348 g/mol. The zero-order chi connectivity index (χ0) is 14.6. The van der Waals surface area contributed by atoms with Gasteiger partial charge in [-0.15, -0.1) is 4.72 Å². The molecule has 1 aromatic rings. The summed E-state index contributed by atoms with van der Waals surface area (Å²) in [5, 5.41) is 0. The van der Waals surface area contributed by atoms with Crippen LogP contribution in [-0.2, 0) is 11.4 Å². The molecular weight excluding hydrogens is 326 g/mol. The van der Waals surface area contributed by atoms with Gasteiger partial charge in [-0.1, -0.05) is 22.9 Å². The van der Waals surface area contributed by atoms with Gasteiger partial charge < -0.3 is 9.29 Å². The van der Waals surface area contributed by atoms with Gasteiger partial charge in [0.2, 0.25) is 0 Å². The van der Waals surface area contributed by atoms with E-state index >= 15 is 0 Å². The van der Waals surface area contributed by atoms with Crippen molar-refractivity contribution in [1.82, 2.24) is 4.72 Å². The molecule has 0 aliphatic rings. The molecule has 0 aromatic heterocycles. The van der Waals surface area contributed by atoms with Crippen molar-refractivity contribution in [3.63, 3.8) is 0 Å². The molecule has 0 fully saturated rings. The zero-order valence-corrected chi connectivity index (χ0v) is 14.5. The van der Waals surface area contributed by atoms with Crippen molar-refractivity contribution in [2.24, 2.45) is 0 Å². The number of hydrogen-bond donors (Lipinski definition) is 1. The van der Waals surface area contributed by atoms with E-state index in [1.54, 1.807) is 7.11 Å². The molecule has 0 bridgehead atoms. The summed E-state index contributed by atoms with van der Waals surface area (Å²) in [4.78, 5) is 0. The normalized spacial score (nSPS) is 15.1. The van der Waals surface area contributed by atoms with Crippen molar-refractivity contribution in [1.29, 1.82) is 0 Å². The fraction of sp³-hybridized carbons (Fsp3) is 0.571. The van der Waals surface area contributed by atoms with Crippen molar-refractivity contribution in [3.8, 4) is 5.75 Å². The van der Waals surface area contributed by atoms with E-state index in [1.807, 2.05) is 39.0 Å². The van der Waals surface area contributed by atoms with Crippen molar-refractivity contribution >= 4 is 27.3 Å². The fourth-order valence-corrected chi connectivity index (χ4v) is 2.93. The van der Waals surface area contributed by atoms with Crippen LogP contribution in [-0.4, -0.2) is 16.4 Å². The van der Waals surface area contributed by atoms with E-state index in [0.29, 0.717) is 0 Å². The van der Waals surface area contributed by atoms with Crippen LogP contribution in [0.25, 0.3) is 0 Å². The Balaban J connectivity index is 3.00. The Morgan fingerprint density at radius 2 is 2.05 bits per heavy atom. The number of ether oxygens (including phenoxy) is 1. The largest absolute Gasteiger partial charge is 0.598 e. The van der Waals surface area contributed by atoms with Gasteiger partial charge in [0.15, 0.2) is 0 Å². The zero-order valence-electron chi connectivity index (χ0n) is 12.1. The van der Waals surface area contributed by atoms with Gasteiger partial charge in [0.05, 0.1) is 13.2 Å². The van der Waals surface area contributed by atoms with E-state index in [-0.39, 0.29) is 10.8 Å². The number of methoxy groups -OCH3 is 1. The van der Waals surface area contributed by atoms with Crippen LogP contribution >= 0.6 is 15.9 Å². The Morgan fingerprint density at radius 3 is 2.53 bits per heavy atom. The van der Waals surface area contributed by atoms with Crippen molar-refractivity contribution < 1.29 is 9.29 Å². The summed E-state index contributed by atoms with van der Waals surface area (Å²) >= 11 is 2.36.